The summed E-state index contributed by atoms with van der Waals surface area (Å²) < 4.78 is 0. The SMILES string of the molecule is CCC1CCC(CN)(N(C)CCC(=O)NC2CC2)CC1. The molecule has 0 aromatic rings. The third-order valence-corrected chi connectivity index (χ3v) is 5.42. The maximum atomic E-state index is 11.8. The van der Waals surface area contributed by atoms with E-state index in [1.54, 1.807) is 0 Å². The van der Waals surface area contributed by atoms with Crippen LogP contribution in [0.1, 0.15) is 58.3 Å². The average Bonchev–Trinajstić information content (AvgIpc) is 3.28. The molecule has 4 heteroatoms. The summed E-state index contributed by atoms with van der Waals surface area (Å²) in [7, 11) is 2.14. The Kier molecular flexibility index (Phi) is 5.44. The highest BCUT2D eigenvalue weighted by Crippen LogP contribution is 2.36. The molecule has 4 nitrogen and oxygen atoms in total. The van der Waals surface area contributed by atoms with Gasteiger partial charge in [-0.25, -0.2) is 0 Å². The predicted molar refractivity (Wildman–Crippen MR) is 82.4 cm³/mol. The van der Waals surface area contributed by atoms with Crippen LogP contribution in [0.15, 0.2) is 0 Å². The van der Waals surface area contributed by atoms with Crippen molar-refractivity contribution in [2.24, 2.45) is 11.7 Å². The van der Waals surface area contributed by atoms with Crippen molar-refractivity contribution in [2.45, 2.75) is 69.9 Å². The third-order valence-electron chi connectivity index (χ3n) is 5.42. The molecule has 0 heterocycles. The van der Waals surface area contributed by atoms with Gasteiger partial charge >= 0.3 is 0 Å². The second-order valence-corrected chi connectivity index (χ2v) is 6.79. The fourth-order valence-corrected chi connectivity index (χ4v) is 3.40. The Bertz CT molecular complexity index is 320. The number of carbonyl (C=O) groups is 1. The molecule has 0 aromatic heterocycles. The maximum Gasteiger partial charge on any atom is 0.221 e. The van der Waals surface area contributed by atoms with Crippen molar-refractivity contribution in [2.75, 3.05) is 20.1 Å². The van der Waals surface area contributed by atoms with Gasteiger partial charge in [0.15, 0.2) is 0 Å². The highest BCUT2D eigenvalue weighted by atomic mass is 16.1. The van der Waals surface area contributed by atoms with Crippen molar-refractivity contribution in [1.29, 1.82) is 0 Å². The fourth-order valence-electron chi connectivity index (χ4n) is 3.40. The standard InChI is InChI=1S/C16H31N3O/c1-3-13-6-9-16(12-17,10-7-13)19(2)11-8-15(20)18-14-4-5-14/h13-14H,3-12,17H2,1-2H3,(H,18,20). The van der Waals surface area contributed by atoms with Crippen LogP contribution in [-0.2, 0) is 4.79 Å². The van der Waals surface area contributed by atoms with Crippen LogP contribution in [0.4, 0.5) is 0 Å². The molecule has 0 atom stereocenters. The van der Waals surface area contributed by atoms with Crippen molar-refractivity contribution in [3.63, 3.8) is 0 Å². The number of nitrogens with one attached hydrogen (secondary N) is 1. The Hall–Kier alpha value is -0.610. The molecule has 2 saturated carbocycles. The summed E-state index contributed by atoms with van der Waals surface area (Å²) in [5, 5.41) is 3.06. The molecule has 0 radical (unpaired) electrons. The van der Waals surface area contributed by atoms with Crippen LogP contribution in [0, 0.1) is 5.92 Å². The zero-order valence-electron chi connectivity index (χ0n) is 13.2. The number of carbonyl (C=O) groups excluding carboxylic acids is 1. The minimum absolute atomic E-state index is 0.130. The van der Waals surface area contributed by atoms with E-state index in [0.717, 1.165) is 25.3 Å². The van der Waals surface area contributed by atoms with Crippen molar-refractivity contribution in [3.05, 3.63) is 0 Å². The van der Waals surface area contributed by atoms with Gasteiger partial charge in [0.2, 0.25) is 5.91 Å². The quantitative estimate of drug-likeness (QED) is 0.749. The van der Waals surface area contributed by atoms with E-state index in [-0.39, 0.29) is 11.4 Å². The molecule has 0 aliphatic heterocycles. The van der Waals surface area contributed by atoms with Gasteiger partial charge in [0.05, 0.1) is 0 Å². The first kappa shape index (κ1) is 15.8. The molecule has 0 saturated heterocycles. The number of rotatable bonds is 7. The predicted octanol–water partition coefficient (Wildman–Crippen LogP) is 1.88. The van der Waals surface area contributed by atoms with E-state index >= 15 is 0 Å². The number of hydrogen-bond acceptors (Lipinski definition) is 3. The minimum atomic E-state index is 0.130. The number of amides is 1. The molecule has 2 aliphatic rings. The van der Waals surface area contributed by atoms with Crippen LogP contribution in [-0.4, -0.2) is 42.5 Å². The summed E-state index contributed by atoms with van der Waals surface area (Å²) in [6, 6.07) is 0.469. The first-order valence-corrected chi connectivity index (χ1v) is 8.30. The summed E-state index contributed by atoms with van der Waals surface area (Å²) in [5.74, 6) is 1.08. The van der Waals surface area contributed by atoms with E-state index in [1.807, 2.05) is 0 Å². The van der Waals surface area contributed by atoms with Crippen LogP contribution in [0.25, 0.3) is 0 Å². The highest BCUT2D eigenvalue weighted by molar-refractivity contribution is 5.76. The lowest BCUT2D eigenvalue weighted by molar-refractivity contribution is -0.121. The fraction of sp³-hybridized carbons (Fsp3) is 0.938. The van der Waals surface area contributed by atoms with Crippen molar-refractivity contribution in [3.8, 4) is 0 Å². The summed E-state index contributed by atoms with van der Waals surface area (Å²) in [4.78, 5) is 14.2. The number of likely N-dealkylation sites (N-methyl/N-ethyl adjacent to an activating group) is 1. The van der Waals surface area contributed by atoms with Crippen molar-refractivity contribution in [1.82, 2.24) is 10.2 Å². The first-order valence-electron chi connectivity index (χ1n) is 8.30. The summed E-state index contributed by atoms with van der Waals surface area (Å²) in [5.41, 5.74) is 6.21. The van der Waals surface area contributed by atoms with Crippen molar-refractivity contribution >= 4 is 5.91 Å². The van der Waals surface area contributed by atoms with Crippen LogP contribution < -0.4 is 11.1 Å². The Morgan fingerprint density at radius 2 is 1.95 bits per heavy atom. The Morgan fingerprint density at radius 3 is 2.45 bits per heavy atom. The molecule has 0 bridgehead atoms. The molecular weight excluding hydrogens is 250 g/mol. The maximum absolute atomic E-state index is 11.8. The van der Waals surface area contributed by atoms with E-state index < -0.39 is 0 Å². The molecule has 0 spiro atoms. The van der Waals surface area contributed by atoms with Gasteiger partial charge in [0.25, 0.3) is 0 Å². The Labute approximate surface area is 123 Å². The van der Waals surface area contributed by atoms with E-state index in [2.05, 4.69) is 24.2 Å². The van der Waals surface area contributed by atoms with Gasteiger partial charge in [-0.05, 0) is 51.5 Å². The molecule has 3 N–H and O–H groups in total. The van der Waals surface area contributed by atoms with Gasteiger partial charge in [-0.1, -0.05) is 13.3 Å². The molecule has 1 amide bonds. The summed E-state index contributed by atoms with van der Waals surface area (Å²) >= 11 is 0. The molecule has 2 fully saturated rings. The monoisotopic (exact) mass is 281 g/mol. The Morgan fingerprint density at radius 1 is 1.30 bits per heavy atom. The third kappa shape index (κ3) is 3.95. The normalized spacial score (nSPS) is 30.5. The first-order chi connectivity index (χ1) is 9.59. The van der Waals surface area contributed by atoms with Crippen LogP contribution in [0.2, 0.25) is 0 Å². The summed E-state index contributed by atoms with van der Waals surface area (Å²) in [6.07, 6.45) is 9.14. The lowest BCUT2D eigenvalue weighted by Gasteiger charge is -2.46. The van der Waals surface area contributed by atoms with Gasteiger partial charge in [-0.2, -0.15) is 0 Å². The van der Waals surface area contributed by atoms with Gasteiger partial charge in [0.1, 0.15) is 0 Å². The Balaban J connectivity index is 1.78. The number of hydrogen-bond donors (Lipinski definition) is 2. The number of nitrogens with zero attached hydrogens (tertiary/aromatic N) is 1. The lowest BCUT2D eigenvalue weighted by Crippen LogP contribution is -2.54. The molecular formula is C16H31N3O. The largest absolute Gasteiger partial charge is 0.353 e. The second kappa shape index (κ2) is 6.90. The second-order valence-electron chi connectivity index (χ2n) is 6.79. The molecule has 2 aliphatic carbocycles. The lowest BCUT2D eigenvalue weighted by atomic mass is 9.74. The van der Waals surface area contributed by atoms with Crippen molar-refractivity contribution < 1.29 is 4.79 Å². The van der Waals surface area contributed by atoms with E-state index in [9.17, 15) is 4.79 Å². The molecule has 0 unspecified atom stereocenters. The highest BCUT2D eigenvalue weighted by Gasteiger charge is 2.37. The summed E-state index contributed by atoms with van der Waals surface area (Å²) in [6.45, 7) is 3.82. The van der Waals surface area contributed by atoms with Crippen LogP contribution >= 0.6 is 0 Å². The van der Waals surface area contributed by atoms with E-state index in [0.29, 0.717) is 19.0 Å². The van der Waals surface area contributed by atoms with E-state index in [1.165, 1.54) is 32.1 Å². The van der Waals surface area contributed by atoms with Gasteiger partial charge in [0, 0.05) is 31.1 Å². The molecule has 2 rings (SSSR count). The molecule has 0 aromatic carbocycles. The van der Waals surface area contributed by atoms with Gasteiger partial charge in [-0.3, -0.25) is 9.69 Å². The van der Waals surface area contributed by atoms with Gasteiger partial charge in [-0.15, -0.1) is 0 Å². The zero-order chi connectivity index (χ0) is 14.6. The molecule has 20 heavy (non-hydrogen) atoms. The van der Waals surface area contributed by atoms with Gasteiger partial charge < -0.3 is 11.1 Å². The molecule has 116 valence electrons. The van der Waals surface area contributed by atoms with E-state index in [4.69, 9.17) is 5.73 Å². The van der Waals surface area contributed by atoms with Crippen LogP contribution in [0.5, 0.6) is 0 Å². The zero-order valence-corrected chi connectivity index (χ0v) is 13.2. The number of nitrogens with two attached hydrogens (primary N) is 1. The minimum Gasteiger partial charge on any atom is -0.353 e. The smallest absolute Gasteiger partial charge is 0.221 e. The van der Waals surface area contributed by atoms with Crippen LogP contribution in [0.3, 0.4) is 0 Å². The topological polar surface area (TPSA) is 58.4 Å². The average molecular weight is 281 g/mol.